The van der Waals surface area contributed by atoms with Crippen molar-refractivity contribution in [1.29, 1.82) is 0 Å². The Bertz CT molecular complexity index is 1350. The predicted molar refractivity (Wildman–Crippen MR) is 125 cm³/mol. The molecule has 158 valence electrons. The molecule has 1 fully saturated rings. The lowest BCUT2D eigenvalue weighted by atomic mass is 10.1. The van der Waals surface area contributed by atoms with Gasteiger partial charge in [-0.2, -0.15) is 5.10 Å². The number of ether oxygens (including phenoxy) is 1. The van der Waals surface area contributed by atoms with Gasteiger partial charge in [-0.3, -0.25) is 0 Å². The molecule has 32 heavy (non-hydrogen) atoms. The number of anilines is 1. The molecule has 0 bridgehead atoms. The van der Waals surface area contributed by atoms with E-state index in [0.717, 1.165) is 38.9 Å². The second-order valence-electron chi connectivity index (χ2n) is 7.51. The van der Waals surface area contributed by atoms with Crippen molar-refractivity contribution in [3.8, 4) is 16.4 Å². The van der Waals surface area contributed by atoms with Gasteiger partial charge in [-0.15, -0.1) is 11.3 Å². The number of hydrogen-bond donors (Lipinski definition) is 0. The Labute approximate surface area is 189 Å². The topological polar surface area (TPSA) is 69.0 Å². The van der Waals surface area contributed by atoms with Crippen LogP contribution in [-0.4, -0.2) is 44.5 Å². The first-order chi connectivity index (χ1) is 15.9. The first-order valence-electron chi connectivity index (χ1n) is 10.5. The lowest BCUT2D eigenvalue weighted by Crippen LogP contribution is -2.41. The van der Waals surface area contributed by atoms with Gasteiger partial charge in [-0.05, 0) is 35.7 Å². The van der Waals surface area contributed by atoms with Crippen molar-refractivity contribution in [2.75, 3.05) is 24.7 Å². The van der Waals surface area contributed by atoms with Crippen molar-refractivity contribution < 1.29 is 4.74 Å². The third kappa shape index (κ3) is 3.34. The summed E-state index contributed by atoms with van der Waals surface area (Å²) in [5.74, 6) is 2.47. The molecule has 8 heteroatoms. The van der Waals surface area contributed by atoms with Gasteiger partial charge in [0.15, 0.2) is 11.6 Å². The van der Waals surface area contributed by atoms with Crippen LogP contribution in [0, 0.1) is 0 Å². The largest absolute Gasteiger partial charge is 0.377 e. The first kappa shape index (κ1) is 19.1. The Kier molecular flexibility index (Phi) is 4.86. The maximum atomic E-state index is 5.90. The van der Waals surface area contributed by atoms with Gasteiger partial charge >= 0.3 is 0 Å². The summed E-state index contributed by atoms with van der Waals surface area (Å²) in [7, 11) is 0. The van der Waals surface area contributed by atoms with Crippen LogP contribution in [0.15, 0.2) is 78.4 Å². The number of para-hydroxylation sites is 2. The SMILES string of the molecule is c1ccc(-n2ncnc2[C@@H]2COCCN2c2nc(-c3cccs3)nc3ccccc23)cc1. The van der Waals surface area contributed by atoms with Gasteiger partial charge in [0.1, 0.15) is 18.2 Å². The highest BCUT2D eigenvalue weighted by atomic mass is 32.1. The summed E-state index contributed by atoms with van der Waals surface area (Å²) in [6, 6.07) is 22.2. The van der Waals surface area contributed by atoms with Crippen LogP contribution in [0.25, 0.3) is 27.3 Å². The molecule has 0 aliphatic carbocycles. The molecule has 1 aliphatic rings. The minimum atomic E-state index is -0.124. The smallest absolute Gasteiger partial charge is 0.172 e. The number of fused-ring (bicyclic) bond motifs is 1. The van der Waals surface area contributed by atoms with Gasteiger partial charge in [-0.1, -0.05) is 36.4 Å². The fourth-order valence-electron chi connectivity index (χ4n) is 4.11. The van der Waals surface area contributed by atoms with Crippen LogP contribution in [0.1, 0.15) is 11.9 Å². The molecule has 4 heterocycles. The highest BCUT2D eigenvalue weighted by Gasteiger charge is 2.31. The number of hydrogen-bond acceptors (Lipinski definition) is 7. The molecule has 0 spiro atoms. The van der Waals surface area contributed by atoms with Gasteiger partial charge in [0.2, 0.25) is 0 Å². The van der Waals surface area contributed by atoms with Crippen LogP contribution < -0.4 is 4.90 Å². The molecule has 6 rings (SSSR count). The van der Waals surface area contributed by atoms with Crippen molar-refractivity contribution in [2.45, 2.75) is 6.04 Å². The minimum absolute atomic E-state index is 0.124. The Hall–Kier alpha value is -3.62. The summed E-state index contributed by atoms with van der Waals surface area (Å²) in [4.78, 5) is 17.8. The van der Waals surface area contributed by atoms with Gasteiger partial charge in [0.05, 0.1) is 29.3 Å². The molecule has 1 saturated heterocycles. The van der Waals surface area contributed by atoms with Crippen molar-refractivity contribution in [2.24, 2.45) is 0 Å². The van der Waals surface area contributed by atoms with Crippen LogP contribution in [-0.2, 0) is 4.74 Å². The molecule has 0 unspecified atom stereocenters. The summed E-state index contributed by atoms with van der Waals surface area (Å²) in [6.07, 6.45) is 1.60. The minimum Gasteiger partial charge on any atom is -0.377 e. The van der Waals surface area contributed by atoms with Crippen molar-refractivity contribution in [3.63, 3.8) is 0 Å². The first-order valence-corrected chi connectivity index (χ1v) is 11.4. The molecule has 1 atom stereocenters. The maximum Gasteiger partial charge on any atom is 0.172 e. The Morgan fingerprint density at radius 2 is 1.81 bits per heavy atom. The van der Waals surface area contributed by atoms with E-state index in [1.165, 1.54) is 0 Å². The standard InChI is InChI=1S/C24H20N6OS/c1-2-7-17(8-3-1)30-24(25-16-26-30)20-15-31-13-12-29(20)23-18-9-4-5-10-19(18)27-22(28-23)21-11-6-14-32-21/h1-11,14,16,20H,12-13,15H2/t20-/m0/s1. The molecular formula is C24H20N6OS. The fraction of sp³-hybridized carbons (Fsp3) is 0.167. The highest BCUT2D eigenvalue weighted by molar-refractivity contribution is 7.13. The monoisotopic (exact) mass is 440 g/mol. The van der Waals surface area contributed by atoms with Gasteiger partial charge < -0.3 is 9.64 Å². The van der Waals surface area contributed by atoms with Crippen LogP contribution in [0.4, 0.5) is 5.82 Å². The van der Waals surface area contributed by atoms with Crippen molar-refractivity contribution >= 4 is 28.1 Å². The van der Waals surface area contributed by atoms with Crippen LogP contribution in [0.2, 0.25) is 0 Å². The molecular weight excluding hydrogens is 420 g/mol. The summed E-state index contributed by atoms with van der Waals surface area (Å²) in [6.45, 7) is 1.85. The van der Waals surface area contributed by atoms with E-state index in [2.05, 4.69) is 27.1 Å². The predicted octanol–water partition coefficient (Wildman–Crippen LogP) is 4.52. The quantitative estimate of drug-likeness (QED) is 0.409. The lowest BCUT2D eigenvalue weighted by molar-refractivity contribution is 0.0908. The average molecular weight is 441 g/mol. The maximum absolute atomic E-state index is 5.90. The molecule has 3 aromatic heterocycles. The number of aromatic nitrogens is 5. The molecule has 0 amide bonds. The molecule has 1 aliphatic heterocycles. The molecule has 0 radical (unpaired) electrons. The summed E-state index contributed by atoms with van der Waals surface area (Å²) in [5.41, 5.74) is 1.90. The molecule has 0 N–H and O–H groups in total. The summed E-state index contributed by atoms with van der Waals surface area (Å²) < 4.78 is 7.78. The number of thiophene rings is 1. The van der Waals surface area contributed by atoms with E-state index < -0.39 is 0 Å². The fourth-order valence-corrected chi connectivity index (χ4v) is 4.77. The van der Waals surface area contributed by atoms with E-state index >= 15 is 0 Å². The highest BCUT2D eigenvalue weighted by Crippen LogP contribution is 2.35. The molecule has 5 aromatic rings. The van der Waals surface area contributed by atoms with E-state index in [0.29, 0.717) is 19.8 Å². The van der Waals surface area contributed by atoms with E-state index in [-0.39, 0.29) is 6.04 Å². The van der Waals surface area contributed by atoms with Crippen LogP contribution in [0.5, 0.6) is 0 Å². The second kappa shape index (κ2) is 8.14. The van der Waals surface area contributed by atoms with Crippen molar-refractivity contribution in [3.05, 3.63) is 84.3 Å². The number of morpholine rings is 1. The normalized spacial score (nSPS) is 16.5. The van der Waals surface area contributed by atoms with Crippen LogP contribution >= 0.6 is 11.3 Å². The van der Waals surface area contributed by atoms with E-state index in [4.69, 9.17) is 14.7 Å². The molecule has 7 nitrogen and oxygen atoms in total. The van der Waals surface area contributed by atoms with E-state index in [1.807, 2.05) is 64.7 Å². The average Bonchev–Trinajstić information content (AvgIpc) is 3.57. The van der Waals surface area contributed by atoms with E-state index in [9.17, 15) is 0 Å². The molecule has 0 saturated carbocycles. The summed E-state index contributed by atoms with van der Waals surface area (Å²) >= 11 is 1.64. The zero-order valence-corrected chi connectivity index (χ0v) is 18.0. The van der Waals surface area contributed by atoms with Crippen molar-refractivity contribution in [1.82, 2.24) is 24.7 Å². The van der Waals surface area contributed by atoms with Crippen LogP contribution in [0.3, 0.4) is 0 Å². The third-order valence-electron chi connectivity index (χ3n) is 5.60. The zero-order valence-electron chi connectivity index (χ0n) is 17.2. The number of benzene rings is 2. The number of nitrogens with zero attached hydrogens (tertiary/aromatic N) is 6. The third-order valence-corrected chi connectivity index (χ3v) is 6.46. The van der Waals surface area contributed by atoms with E-state index in [1.54, 1.807) is 17.7 Å². The Morgan fingerprint density at radius 3 is 2.69 bits per heavy atom. The Balaban J connectivity index is 1.50. The van der Waals surface area contributed by atoms with Gasteiger partial charge in [-0.25, -0.2) is 19.6 Å². The van der Waals surface area contributed by atoms with Gasteiger partial charge in [0.25, 0.3) is 0 Å². The summed E-state index contributed by atoms with van der Waals surface area (Å²) in [5, 5.41) is 7.57. The molecule has 2 aromatic carbocycles. The van der Waals surface area contributed by atoms with Gasteiger partial charge in [0, 0.05) is 11.9 Å². The lowest BCUT2D eigenvalue weighted by Gasteiger charge is -2.36. The Morgan fingerprint density at radius 1 is 0.938 bits per heavy atom. The second-order valence-corrected chi connectivity index (χ2v) is 8.46. The zero-order chi connectivity index (χ0) is 21.3. The number of rotatable bonds is 4.